The van der Waals surface area contributed by atoms with Crippen molar-refractivity contribution >= 4 is 0 Å². The Kier molecular flexibility index (Phi) is 32.9. The van der Waals surface area contributed by atoms with Gasteiger partial charge in [-0.3, -0.25) is 0 Å². The van der Waals surface area contributed by atoms with Gasteiger partial charge in [-0.15, -0.1) is 0 Å². The Labute approximate surface area is 607 Å². The number of hydrogen-bond donors (Lipinski definition) is 34. The molecule has 7 aliphatic heterocycles. The second kappa shape index (κ2) is 38.9. The monoisotopic (exact) mass is 1550 g/mol. The van der Waals surface area contributed by atoms with Crippen molar-refractivity contribution < 1.29 is 158 Å². The van der Waals surface area contributed by atoms with Gasteiger partial charge < -0.3 is 250 Å². The first-order valence-electron chi connectivity index (χ1n) is 35.0. The Bertz CT molecular complexity index is 2490. The number of aliphatic hydroxyl groups is 18. The first-order chi connectivity index (χ1) is 49.9. The highest BCUT2D eigenvalue weighted by atomic mass is 16.8. The van der Waals surface area contributed by atoms with Crippen LogP contribution in [0.25, 0.3) is 0 Å². The maximum Gasteiger partial charge on any atom is 0.187 e. The van der Waals surface area contributed by atoms with Gasteiger partial charge in [-0.05, 0) is 19.3 Å². The molecule has 0 bridgehead atoms. The van der Waals surface area contributed by atoms with Crippen molar-refractivity contribution in [3.8, 4) is 0 Å². The lowest BCUT2D eigenvalue weighted by atomic mass is 9.84. The van der Waals surface area contributed by atoms with Crippen molar-refractivity contribution in [2.75, 3.05) is 45.9 Å². The Hall–Kier alpha value is -1.92. The quantitative estimate of drug-likeness (QED) is 0.0507. The molecule has 0 unspecified atom stereocenters. The van der Waals surface area contributed by atoms with E-state index in [1.165, 1.54) is 0 Å². The summed E-state index contributed by atoms with van der Waals surface area (Å²) in [5, 5.41) is 186. The van der Waals surface area contributed by atoms with Gasteiger partial charge in [0.05, 0.1) is 61.7 Å². The molecule has 3 saturated carbocycles. The van der Waals surface area contributed by atoms with Crippen molar-refractivity contribution in [3.05, 3.63) is 0 Å². The van der Waals surface area contributed by atoms with E-state index in [9.17, 15) is 91.9 Å². The highest BCUT2D eigenvalue weighted by Crippen LogP contribution is 2.38. The lowest BCUT2D eigenvalue weighted by Crippen LogP contribution is -2.68. The van der Waals surface area contributed by atoms with Crippen LogP contribution in [-0.4, -0.2) is 431 Å². The summed E-state index contributed by atoms with van der Waals surface area (Å²) in [4.78, 5) is 0. The maximum atomic E-state index is 11.1. The molecule has 0 spiro atoms. The Morgan fingerprint density at radius 2 is 0.415 bits per heavy atom. The van der Waals surface area contributed by atoms with E-state index in [4.69, 9.17) is 158 Å². The molecule has 48 nitrogen and oxygen atoms in total. The largest absolute Gasteiger partial charge is 0.394 e. The summed E-state index contributed by atoms with van der Waals surface area (Å²) in [5.41, 5.74) is 94.1. The van der Waals surface area contributed by atoms with Gasteiger partial charge in [-0.1, -0.05) is 0 Å². The van der Waals surface area contributed by atoms with Crippen molar-refractivity contribution in [1.29, 1.82) is 0 Å². The first-order valence-corrected chi connectivity index (χ1v) is 35.0. The Balaban J connectivity index is 0.000000211. The second-order valence-electron chi connectivity index (χ2n) is 28.5. The van der Waals surface area contributed by atoms with Crippen LogP contribution in [0.3, 0.4) is 0 Å². The molecule has 0 aromatic carbocycles. The van der Waals surface area contributed by atoms with Gasteiger partial charge in [-0.2, -0.15) is 0 Å². The first kappa shape index (κ1) is 89.6. The van der Waals surface area contributed by atoms with Crippen LogP contribution in [0.1, 0.15) is 19.3 Å². The average Bonchev–Trinajstić information content (AvgIpc) is 1.19. The highest BCUT2D eigenvalue weighted by Gasteiger charge is 2.58. The van der Waals surface area contributed by atoms with Crippen LogP contribution in [-0.2, 0) is 66.3 Å². The third kappa shape index (κ3) is 19.4. The van der Waals surface area contributed by atoms with E-state index in [0.29, 0.717) is 0 Å². The van der Waals surface area contributed by atoms with Gasteiger partial charge in [0, 0.05) is 69.0 Å². The number of hydrogen-bond acceptors (Lipinski definition) is 48. The van der Waals surface area contributed by atoms with Gasteiger partial charge in [0.25, 0.3) is 0 Å². The predicted molar refractivity (Wildman–Crippen MR) is 352 cm³/mol. The molecule has 10 fully saturated rings. The zero-order chi connectivity index (χ0) is 78.7. The average molecular weight is 1550 g/mol. The molecule has 50 N–H and O–H groups in total. The number of nitrogens with two attached hydrogens (primary N) is 16. The van der Waals surface area contributed by atoms with Crippen molar-refractivity contribution in [2.45, 2.75) is 313 Å². The summed E-state index contributed by atoms with van der Waals surface area (Å²) in [5.74, 6) is 0. The Morgan fingerprint density at radius 3 is 0.660 bits per heavy atom. The third-order valence-electron chi connectivity index (χ3n) is 21.1. The smallest absolute Gasteiger partial charge is 0.187 e. The predicted octanol–water partition coefficient (Wildman–Crippen LogP) is -22.9. The van der Waals surface area contributed by atoms with Crippen LogP contribution in [0.5, 0.6) is 0 Å². The van der Waals surface area contributed by atoms with E-state index in [1.54, 1.807) is 0 Å². The fraction of sp³-hybridized carbons (Fsp3) is 1.00. The minimum atomic E-state index is -1.60. The van der Waals surface area contributed by atoms with E-state index in [-0.39, 0.29) is 52.0 Å². The minimum absolute atomic E-state index is 0.0441. The molecule has 106 heavy (non-hydrogen) atoms. The van der Waals surface area contributed by atoms with E-state index in [0.717, 1.165) is 0 Å². The molecule has 0 aromatic heterocycles. The summed E-state index contributed by atoms with van der Waals surface area (Å²) >= 11 is 0. The van der Waals surface area contributed by atoms with Crippen LogP contribution in [0.2, 0.25) is 0 Å². The fourth-order valence-corrected chi connectivity index (χ4v) is 14.4. The van der Waals surface area contributed by atoms with E-state index >= 15 is 0 Å². The zero-order valence-electron chi connectivity index (χ0n) is 57.8. The summed E-state index contributed by atoms with van der Waals surface area (Å²) in [6, 6.07) is -10.7. The molecule has 0 amide bonds. The molecule has 10 rings (SSSR count). The van der Waals surface area contributed by atoms with Crippen LogP contribution < -0.4 is 91.7 Å². The van der Waals surface area contributed by atoms with Gasteiger partial charge in [-0.25, -0.2) is 0 Å². The lowest BCUT2D eigenvalue weighted by molar-refractivity contribution is -0.307. The number of ether oxygens (including phenoxy) is 14. The molecule has 7 saturated heterocycles. The molecule has 0 aromatic rings. The molecule has 7 heterocycles. The van der Waals surface area contributed by atoms with Crippen molar-refractivity contribution in [2.24, 2.45) is 91.7 Å². The van der Waals surface area contributed by atoms with Gasteiger partial charge in [0.2, 0.25) is 0 Å². The summed E-state index contributed by atoms with van der Waals surface area (Å²) < 4.78 is 80.3. The number of rotatable bonds is 21. The van der Waals surface area contributed by atoms with Crippen LogP contribution >= 0.6 is 0 Å². The van der Waals surface area contributed by atoms with Gasteiger partial charge in [0.15, 0.2) is 44.0 Å². The minimum Gasteiger partial charge on any atom is -0.394 e. The maximum absolute atomic E-state index is 11.1. The lowest BCUT2D eigenvalue weighted by Gasteiger charge is -2.47. The molecular weight excluding hydrogens is 1430 g/mol. The van der Waals surface area contributed by atoms with Crippen LogP contribution in [0.4, 0.5) is 0 Å². The van der Waals surface area contributed by atoms with Crippen molar-refractivity contribution in [3.63, 3.8) is 0 Å². The van der Waals surface area contributed by atoms with E-state index in [1.807, 2.05) is 0 Å². The van der Waals surface area contributed by atoms with Gasteiger partial charge in [0.1, 0.15) is 165 Å². The zero-order valence-corrected chi connectivity index (χ0v) is 57.8. The topological polar surface area (TPSA) is 910 Å². The highest BCUT2D eigenvalue weighted by molar-refractivity contribution is 5.06. The normalized spacial score (nSPS) is 53.7. The van der Waals surface area contributed by atoms with Gasteiger partial charge >= 0.3 is 0 Å². The molecule has 10 aliphatic rings. The van der Waals surface area contributed by atoms with Crippen LogP contribution in [0, 0.1) is 0 Å². The SMILES string of the molecule is NC[C@@H]1O[C@H](O[C@H]2[C@@H](O)[C@H](O[C@@H]3[C@@H](O)[C@H](N)C[C@H](N)[C@H]3O[C@H]3O[C@H](CN)[C@@H](O)[C@H](O)[C@H]3N)O[C@@H]2CO)[C@H](N)[C@@H](O)[C@@H]1O.NC[C@H]1O[C@H](O[C@H]2[C@H](O)[C@@H](O)[C@H](N)C[C@@H]2N)[C@H](N)[C@@H](O)[C@@H]1O.NC[C@H]1O[C@H](O[C@H]2[C@H](O[C@@H]3O[C@H](CO)[C@@H](O[C@H]4O[C@H](CN)[C@@H](O)[C@H](O)[C@H]4N)[C@H]3O)[C@@H](O)[C@H](N)C[C@@H]2N)[C@H](N)[C@@H](O)[C@@H]1O. The molecular formula is C58H118N16O32. The molecule has 0 radical (unpaired) electrons. The third-order valence-corrected chi connectivity index (χ3v) is 21.1. The molecule has 3 aliphatic carbocycles. The van der Waals surface area contributed by atoms with E-state index < -0.39 is 307 Å². The van der Waals surface area contributed by atoms with Crippen molar-refractivity contribution in [1.82, 2.24) is 0 Å². The molecule has 622 valence electrons. The Morgan fingerprint density at radius 1 is 0.208 bits per heavy atom. The number of aliphatic hydroxyl groups excluding tert-OH is 18. The summed E-state index contributed by atoms with van der Waals surface area (Å²) in [7, 11) is 0. The molecule has 48 atom stereocenters. The molecule has 48 heteroatoms. The fourth-order valence-electron chi connectivity index (χ4n) is 14.4. The van der Waals surface area contributed by atoms with E-state index in [2.05, 4.69) is 0 Å². The second-order valence-corrected chi connectivity index (χ2v) is 28.5. The standard InChI is InChI=1S/2C23H46N6O13.C12H26N4O6/c2*24-2-7-13(32)15(34)10(28)21(37-7)40-18-6(27)1-5(26)12(31)20(18)42-23-17(36)19(9(4-30)39-23)41-22-11(29)16(35)14(33)8(3-25)38-22;13-2-5-8(18)9(19)6(16)12(21-5)22-11-4(15)1-3(14)7(17)10(11)20/h2*5-23,30-36H,1-4,24-29H2;3-12,17-20H,1-2,13-16H2/t5-,6+,7-,8+,9-,10-,11-,12+,13-,14-,15-,16-,17-,18-,19-,20-,21-,22-,23+;5-,6+,7-,8-,9-,10-,11-,12+,13-,14-,15-,16-,17-,18-,19-,20-,21-,22-,23+;3-,4+,5-,6-,7+,8-,9-,10-,11-,12-/m111/s1. The summed E-state index contributed by atoms with van der Waals surface area (Å²) in [6.45, 7) is -1.98. The van der Waals surface area contributed by atoms with Crippen LogP contribution in [0.15, 0.2) is 0 Å². The summed E-state index contributed by atoms with van der Waals surface area (Å²) in [6.07, 6.45) is -47.3.